The monoisotopic (exact) mass is 741 g/mol. The maximum absolute atomic E-state index is 12.6. The van der Waals surface area contributed by atoms with Gasteiger partial charge in [0.25, 0.3) is 11.6 Å². The summed E-state index contributed by atoms with van der Waals surface area (Å²) in [5.74, 6) is -2.17. The number of carbonyl (C=O) groups is 4. The molecule has 2 aliphatic rings. The zero-order valence-electron chi connectivity index (χ0n) is 28.0. The molecule has 0 aliphatic carbocycles. The van der Waals surface area contributed by atoms with E-state index >= 15 is 0 Å². The number of thioether (sulfide) groups is 1. The average molecular weight is 742 g/mol. The third-order valence-electron chi connectivity index (χ3n) is 7.77. The lowest BCUT2D eigenvalue weighted by Gasteiger charge is -2.50. The van der Waals surface area contributed by atoms with Crippen molar-refractivity contribution in [1.82, 2.24) is 10.2 Å². The standard InChI is InChI=1S/C19H17N3O4S2.C14H18N2O7/c23-14(9-13-5-4-8-27-13)20-15-17(24)22-16(19(25)26)12(11-28-18(15)22)10-21-6-2-1-3-7-21;1-5-9(4)11-6-10(15(18)19)7-12(16(20)21)13(11)23-14(17)22-8(2)3/h1-8,15,18H,9-11H2,(H-,20,23,25,26);6-9H,5H2,1-4H3/t15-,18-;/m1./s1. The van der Waals surface area contributed by atoms with Crippen molar-refractivity contribution in [3.63, 3.8) is 0 Å². The van der Waals surface area contributed by atoms with E-state index in [0.717, 1.165) is 10.9 Å². The van der Waals surface area contributed by atoms with Crippen LogP contribution in [0, 0.1) is 20.2 Å². The van der Waals surface area contributed by atoms with Crippen molar-refractivity contribution in [3.05, 3.63) is 102 Å². The van der Waals surface area contributed by atoms with Crippen LogP contribution in [0.4, 0.5) is 16.2 Å². The van der Waals surface area contributed by atoms with Crippen molar-refractivity contribution in [2.45, 2.75) is 70.5 Å². The summed E-state index contributed by atoms with van der Waals surface area (Å²) in [5, 5.41) is 38.2. The minimum Gasteiger partial charge on any atom is -0.543 e. The number of nitro benzene ring substituents is 2. The number of carboxylic acids is 1. The van der Waals surface area contributed by atoms with Crippen LogP contribution in [0.3, 0.4) is 0 Å². The first-order valence-electron chi connectivity index (χ1n) is 15.7. The molecule has 4 heterocycles. The second-order valence-electron chi connectivity index (χ2n) is 11.7. The van der Waals surface area contributed by atoms with Crippen molar-refractivity contribution in [1.29, 1.82) is 0 Å². The Morgan fingerprint density at radius 2 is 1.78 bits per heavy atom. The molecule has 0 saturated carbocycles. The number of aromatic nitrogens is 1. The smallest absolute Gasteiger partial charge is 0.514 e. The quantitative estimate of drug-likeness (QED) is 0.0704. The summed E-state index contributed by atoms with van der Waals surface area (Å²) in [4.78, 5) is 71.1. The van der Waals surface area contributed by atoms with Gasteiger partial charge in [0.05, 0.1) is 40.1 Å². The summed E-state index contributed by atoms with van der Waals surface area (Å²) >= 11 is 2.93. The van der Waals surface area contributed by atoms with Crippen LogP contribution in [0.15, 0.2) is 71.5 Å². The number of benzene rings is 1. The molecule has 51 heavy (non-hydrogen) atoms. The lowest BCUT2D eigenvalue weighted by Crippen LogP contribution is -2.71. The van der Waals surface area contributed by atoms with Gasteiger partial charge in [0.15, 0.2) is 18.9 Å². The predicted molar refractivity (Wildman–Crippen MR) is 182 cm³/mol. The Balaban J connectivity index is 0.000000234. The number of rotatable bonds is 12. The normalized spacial score (nSPS) is 17.0. The number of hydrogen-bond acceptors (Lipinski definition) is 13. The molecular formula is C33H35N5O11S2. The van der Waals surface area contributed by atoms with Gasteiger partial charge in [0, 0.05) is 40.0 Å². The van der Waals surface area contributed by atoms with Gasteiger partial charge >= 0.3 is 11.8 Å². The fourth-order valence-electron chi connectivity index (χ4n) is 5.21. The zero-order valence-corrected chi connectivity index (χ0v) is 29.6. The van der Waals surface area contributed by atoms with Crippen LogP contribution < -0.4 is 19.7 Å². The highest BCUT2D eigenvalue weighted by molar-refractivity contribution is 8.00. The number of carboxylic acid groups (broad SMARTS) is 1. The van der Waals surface area contributed by atoms with Gasteiger partial charge in [-0.3, -0.25) is 34.7 Å². The lowest BCUT2D eigenvalue weighted by molar-refractivity contribution is -0.689. The van der Waals surface area contributed by atoms with Crippen LogP contribution in [0.2, 0.25) is 0 Å². The van der Waals surface area contributed by atoms with Gasteiger partial charge in [-0.15, -0.1) is 23.1 Å². The maximum Gasteiger partial charge on any atom is 0.514 e. The number of nitro groups is 2. The third kappa shape index (κ3) is 9.46. The summed E-state index contributed by atoms with van der Waals surface area (Å²) in [6.45, 7) is 7.10. The van der Waals surface area contributed by atoms with Crippen molar-refractivity contribution in [2.24, 2.45) is 0 Å². The molecule has 16 nitrogen and oxygen atoms in total. The first-order chi connectivity index (χ1) is 24.2. The van der Waals surface area contributed by atoms with E-state index in [-0.39, 0.29) is 35.3 Å². The number of ether oxygens (including phenoxy) is 2. The minimum absolute atomic E-state index is 0.0751. The molecule has 2 amide bonds. The van der Waals surface area contributed by atoms with Gasteiger partial charge in [-0.2, -0.15) is 0 Å². The molecule has 2 aromatic heterocycles. The molecule has 3 aromatic rings. The van der Waals surface area contributed by atoms with E-state index in [2.05, 4.69) is 5.32 Å². The lowest BCUT2D eigenvalue weighted by atomic mass is 9.96. The highest BCUT2D eigenvalue weighted by Crippen LogP contribution is 2.41. The number of thiophene rings is 1. The molecule has 3 atom stereocenters. The number of non-ortho nitro benzene ring substituents is 1. The summed E-state index contributed by atoms with van der Waals surface area (Å²) in [6.07, 6.45) is 2.86. The van der Waals surface area contributed by atoms with Crippen LogP contribution in [0.5, 0.6) is 5.75 Å². The van der Waals surface area contributed by atoms with Crippen LogP contribution in [0.25, 0.3) is 0 Å². The number of fused-ring (bicyclic) bond motifs is 1. The molecule has 1 fully saturated rings. The van der Waals surface area contributed by atoms with E-state index in [1.54, 1.807) is 20.8 Å². The minimum atomic E-state index is -1.37. The molecule has 0 radical (unpaired) electrons. The van der Waals surface area contributed by atoms with Crippen molar-refractivity contribution < 1.29 is 48.2 Å². The molecule has 2 aliphatic heterocycles. The molecule has 18 heteroatoms. The first-order valence-corrected chi connectivity index (χ1v) is 17.6. The number of nitrogens with one attached hydrogen (secondary N) is 1. The van der Waals surface area contributed by atoms with E-state index in [9.17, 15) is 44.5 Å². The maximum atomic E-state index is 12.6. The van der Waals surface area contributed by atoms with Gasteiger partial charge in [-0.05, 0) is 37.6 Å². The Kier molecular flexibility index (Phi) is 12.8. The van der Waals surface area contributed by atoms with E-state index < -0.39 is 56.8 Å². The van der Waals surface area contributed by atoms with Gasteiger partial charge in [0.1, 0.15) is 11.4 Å². The second-order valence-corrected chi connectivity index (χ2v) is 13.9. The van der Waals surface area contributed by atoms with Gasteiger partial charge in [0.2, 0.25) is 11.7 Å². The van der Waals surface area contributed by atoms with Gasteiger partial charge in [-0.25, -0.2) is 9.36 Å². The largest absolute Gasteiger partial charge is 0.543 e. The number of hydrogen-bond donors (Lipinski definition) is 1. The first kappa shape index (κ1) is 38.4. The Morgan fingerprint density at radius 1 is 1.08 bits per heavy atom. The number of β-lactam (4-membered cyclic amide) rings is 1. The number of aliphatic carboxylic acids is 1. The molecule has 1 aromatic carbocycles. The van der Waals surface area contributed by atoms with E-state index in [4.69, 9.17) is 9.47 Å². The SMILES string of the molecule is CCC(C)c1cc([N+](=O)[O-])cc([N+](=O)[O-])c1OC(=O)OC(C)C.O=C(Cc1cccs1)N[C@@H]1C(=O)N2C(C(=O)[O-])=C(C[n+]3ccccc3)CS[C@H]12. The topological polar surface area (TPSA) is 215 Å². The zero-order chi connectivity index (χ0) is 37.4. The predicted octanol–water partition coefficient (Wildman–Crippen LogP) is 3.62. The summed E-state index contributed by atoms with van der Waals surface area (Å²) in [7, 11) is 0. The average Bonchev–Trinajstić information content (AvgIpc) is 3.59. The number of carbonyl (C=O) groups excluding carboxylic acids is 4. The number of pyridine rings is 1. The summed E-state index contributed by atoms with van der Waals surface area (Å²) < 4.78 is 11.6. The van der Waals surface area contributed by atoms with Crippen molar-refractivity contribution >= 4 is 58.4 Å². The highest BCUT2D eigenvalue weighted by atomic mass is 32.2. The molecule has 5 rings (SSSR count). The Bertz CT molecular complexity index is 1830. The molecular weight excluding hydrogens is 707 g/mol. The Hall–Kier alpha value is -5.36. The molecule has 270 valence electrons. The molecule has 1 saturated heterocycles. The van der Waals surface area contributed by atoms with Gasteiger partial charge < -0.3 is 24.7 Å². The Labute approximate surface area is 300 Å². The van der Waals surface area contributed by atoms with Crippen LogP contribution in [-0.4, -0.2) is 62.0 Å². The number of nitrogens with zero attached hydrogens (tertiary/aromatic N) is 4. The van der Waals surface area contributed by atoms with Gasteiger partial charge in [-0.1, -0.05) is 26.0 Å². The van der Waals surface area contributed by atoms with Crippen LogP contribution >= 0.6 is 23.1 Å². The highest BCUT2D eigenvalue weighted by Gasteiger charge is 2.53. The Morgan fingerprint density at radius 3 is 2.35 bits per heavy atom. The van der Waals surface area contributed by atoms with Crippen molar-refractivity contribution in [3.8, 4) is 5.75 Å². The summed E-state index contributed by atoms with van der Waals surface area (Å²) in [5.41, 5.74) is -0.316. The summed E-state index contributed by atoms with van der Waals surface area (Å²) in [6, 6.07) is 10.5. The van der Waals surface area contributed by atoms with E-state index in [1.165, 1.54) is 34.1 Å². The van der Waals surface area contributed by atoms with E-state index in [0.29, 0.717) is 24.3 Å². The third-order valence-corrected chi connectivity index (χ3v) is 9.99. The van der Waals surface area contributed by atoms with Crippen molar-refractivity contribution in [2.75, 3.05) is 5.75 Å². The number of amides is 2. The second kappa shape index (κ2) is 17.0. The molecule has 0 spiro atoms. The van der Waals surface area contributed by atoms with Crippen LogP contribution in [-0.2, 0) is 32.1 Å². The molecule has 0 bridgehead atoms. The van der Waals surface area contributed by atoms with Crippen LogP contribution in [0.1, 0.15) is 50.5 Å². The molecule has 1 N–H and O–H groups in total. The van der Waals surface area contributed by atoms with E-state index in [1.807, 2.05) is 59.6 Å². The fourth-order valence-corrected chi connectivity index (χ4v) is 7.25. The fraction of sp³-hybridized carbons (Fsp3) is 0.364. The molecule has 1 unspecified atom stereocenters.